The van der Waals surface area contributed by atoms with Gasteiger partial charge in [-0.25, -0.2) is 0 Å². The Bertz CT molecular complexity index is 459. The fourth-order valence-corrected chi connectivity index (χ4v) is 1.64. The summed E-state index contributed by atoms with van der Waals surface area (Å²) in [6.07, 6.45) is -2.96. The quantitative estimate of drug-likeness (QED) is 0.785. The number of pyridine rings is 1. The third kappa shape index (κ3) is 5.75. The number of rotatable bonds is 6. The van der Waals surface area contributed by atoms with Crippen molar-refractivity contribution in [2.45, 2.75) is 12.7 Å². The van der Waals surface area contributed by atoms with Crippen molar-refractivity contribution in [1.82, 2.24) is 9.47 Å². The molecule has 0 spiro atoms. The van der Waals surface area contributed by atoms with Gasteiger partial charge in [0.2, 0.25) is 0 Å². The number of nitrogens with zero attached hydrogens (tertiary/aromatic N) is 2. The largest absolute Gasteiger partial charge is 0.401 e. The standard InChI is InChI=1S/C11H16F3N3O2/c12-11(13,14)8-16(5-6-18)3-4-17-7-9(15)1-2-10(17)19/h1-2,7,18H,3-6,8,15H2. The van der Waals surface area contributed by atoms with Crippen LogP contribution >= 0.6 is 0 Å². The number of aromatic nitrogens is 1. The predicted octanol–water partition coefficient (Wildman–Crippen LogP) is 0.287. The molecule has 0 aliphatic rings. The highest BCUT2D eigenvalue weighted by Gasteiger charge is 2.30. The van der Waals surface area contributed by atoms with Crippen LogP contribution in [0.1, 0.15) is 0 Å². The molecule has 0 aromatic carbocycles. The van der Waals surface area contributed by atoms with Crippen molar-refractivity contribution in [2.75, 3.05) is 32.0 Å². The van der Waals surface area contributed by atoms with Gasteiger partial charge in [0.05, 0.1) is 13.2 Å². The zero-order valence-electron chi connectivity index (χ0n) is 10.2. The lowest BCUT2D eigenvalue weighted by Crippen LogP contribution is -2.39. The Morgan fingerprint density at radius 3 is 2.58 bits per heavy atom. The number of anilines is 1. The summed E-state index contributed by atoms with van der Waals surface area (Å²) >= 11 is 0. The maximum Gasteiger partial charge on any atom is 0.401 e. The molecule has 0 aliphatic heterocycles. The molecule has 1 aromatic rings. The average molecular weight is 279 g/mol. The van der Waals surface area contributed by atoms with E-state index in [4.69, 9.17) is 10.8 Å². The third-order valence-corrected chi connectivity index (χ3v) is 2.48. The van der Waals surface area contributed by atoms with Gasteiger partial charge >= 0.3 is 6.18 Å². The topological polar surface area (TPSA) is 71.5 Å². The van der Waals surface area contributed by atoms with Crippen molar-refractivity contribution in [1.29, 1.82) is 0 Å². The number of halogens is 3. The summed E-state index contributed by atoms with van der Waals surface area (Å²) in [6.45, 7) is -1.51. The molecule has 0 amide bonds. The number of hydrogen-bond donors (Lipinski definition) is 2. The Morgan fingerprint density at radius 2 is 2.00 bits per heavy atom. The van der Waals surface area contributed by atoms with Crippen LogP contribution < -0.4 is 11.3 Å². The van der Waals surface area contributed by atoms with Crippen molar-refractivity contribution in [3.63, 3.8) is 0 Å². The molecule has 1 aromatic heterocycles. The van der Waals surface area contributed by atoms with Crippen molar-refractivity contribution in [2.24, 2.45) is 0 Å². The molecule has 0 radical (unpaired) electrons. The van der Waals surface area contributed by atoms with Crippen molar-refractivity contribution >= 4 is 5.69 Å². The molecule has 1 heterocycles. The minimum Gasteiger partial charge on any atom is -0.398 e. The van der Waals surface area contributed by atoms with Gasteiger partial charge in [-0.1, -0.05) is 0 Å². The van der Waals surface area contributed by atoms with Gasteiger partial charge in [0.25, 0.3) is 5.56 Å². The minimum atomic E-state index is -4.34. The second kappa shape index (κ2) is 6.58. The normalized spacial score (nSPS) is 12.1. The fourth-order valence-electron chi connectivity index (χ4n) is 1.64. The van der Waals surface area contributed by atoms with Crippen LogP contribution in [0.3, 0.4) is 0 Å². The average Bonchev–Trinajstić information content (AvgIpc) is 2.28. The van der Waals surface area contributed by atoms with Crippen LogP contribution in [0.4, 0.5) is 18.9 Å². The molecule has 0 unspecified atom stereocenters. The second-order valence-corrected chi connectivity index (χ2v) is 4.11. The number of nitrogen functional groups attached to an aromatic ring is 1. The molecular formula is C11H16F3N3O2. The first-order chi connectivity index (χ1) is 8.81. The van der Waals surface area contributed by atoms with E-state index in [-0.39, 0.29) is 31.8 Å². The summed E-state index contributed by atoms with van der Waals surface area (Å²) in [7, 11) is 0. The molecule has 0 fully saturated rings. The van der Waals surface area contributed by atoms with E-state index in [1.807, 2.05) is 0 Å². The van der Waals surface area contributed by atoms with Crippen LogP contribution in [0.15, 0.2) is 23.1 Å². The Morgan fingerprint density at radius 1 is 1.32 bits per heavy atom. The lowest BCUT2D eigenvalue weighted by molar-refractivity contribution is -0.147. The van der Waals surface area contributed by atoms with Crippen molar-refractivity contribution in [3.8, 4) is 0 Å². The summed E-state index contributed by atoms with van der Waals surface area (Å²) in [4.78, 5) is 12.5. The zero-order chi connectivity index (χ0) is 14.5. The van der Waals surface area contributed by atoms with E-state index >= 15 is 0 Å². The van der Waals surface area contributed by atoms with E-state index in [2.05, 4.69) is 0 Å². The molecule has 1 rings (SSSR count). The van der Waals surface area contributed by atoms with Crippen LogP contribution in [0, 0.1) is 0 Å². The highest BCUT2D eigenvalue weighted by molar-refractivity contribution is 5.33. The molecule has 108 valence electrons. The van der Waals surface area contributed by atoms with Gasteiger partial charge in [-0.3, -0.25) is 9.69 Å². The lowest BCUT2D eigenvalue weighted by atomic mass is 10.4. The first-order valence-electron chi connectivity index (χ1n) is 5.68. The minimum absolute atomic E-state index is 0.00340. The van der Waals surface area contributed by atoms with Crippen LogP contribution in [-0.2, 0) is 6.54 Å². The second-order valence-electron chi connectivity index (χ2n) is 4.11. The number of alkyl halides is 3. The molecule has 0 aliphatic carbocycles. The molecule has 0 saturated heterocycles. The van der Waals surface area contributed by atoms with Crippen LogP contribution in [0.2, 0.25) is 0 Å². The van der Waals surface area contributed by atoms with E-state index in [1.165, 1.54) is 22.9 Å². The first kappa shape index (κ1) is 15.5. The summed E-state index contributed by atoms with van der Waals surface area (Å²) in [5.74, 6) is 0. The Balaban J connectivity index is 2.65. The van der Waals surface area contributed by atoms with E-state index in [1.54, 1.807) is 0 Å². The summed E-state index contributed by atoms with van der Waals surface area (Å²) in [6, 6.07) is 2.69. The molecule has 19 heavy (non-hydrogen) atoms. The summed E-state index contributed by atoms with van der Waals surface area (Å²) < 4.78 is 38.1. The van der Waals surface area contributed by atoms with Gasteiger partial charge in [-0.2, -0.15) is 13.2 Å². The first-order valence-corrected chi connectivity index (χ1v) is 5.68. The number of aliphatic hydroxyl groups is 1. The van der Waals surface area contributed by atoms with E-state index in [0.29, 0.717) is 5.69 Å². The van der Waals surface area contributed by atoms with Gasteiger partial charge in [0.15, 0.2) is 0 Å². The van der Waals surface area contributed by atoms with Crippen LogP contribution in [0.5, 0.6) is 0 Å². The highest BCUT2D eigenvalue weighted by Crippen LogP contribution is 2.16. The van der Waals surface area contributed by atoms with Gasteiger partial charge in [-0.05, 0) is 6.07 Å². The van der Waals surface area contributed by atoms with Crippen molar-refractivity contribution < 1.29 is 18.3 Å². The SMILES string of the molecule is Nc1ccc(=O)n(CCN(CCO)CC(F)(F)F)c1. The number of nitrogens with two attached hydrogens (primary N) is 1. The lowest BCUT2D eigenvalue weighted by Gasteiger charge is -2.23. The van der Waals surface area contributed by atoms with Gasteiger partial charge < -0.3 is 15.4 Å². The fraction of sp³-hybridized carbons (Fsp3) is 0.545. The molecular weight excluding hydrogens is 263 g/mol. The van der Waals surface area contributed by atoms with Crippen LogP contribution in [-0.4, -0.2) is 47.0 Å². The Kier molecular flexibility index (Phi) is 5.37. The summed E-state index contributed by atoms with van der Waals surface area (Å²) in [5.41, 5.74) is 5.54. The number of hydrogen-bond acceptors (Lipinski definition) is 4. The van der Waals surface area contributed by atoms with E-state index < -0.39 is 12.7 Å². The van der Waals surface area contributed by atoms with Crippen molar-refractivity contribution in [3.05, 3.63) is 28.7 Å². The Labute approximate surface area is 108 Å². The van der Waals surface area contributed by atoms with E-state index in [0.717, 1.165) is 4.90 Å². The zero-order valence-corrected chi connectivity index (χ0v) is 10.2. The molecule has 3 N–H and O–H groups in total. The molecule has 0 saturated carbocycles. The number of aliphatic hydroxyl groups excluding tert-OH is 1. The van der Waals surface area contributed by atoms with E-state index in [9.17, 15) is 18.0 Å². The Hall–Kier alpha value is -1.54. The smallest absolute Gasteiger partial charge is 0.398 e. The molecule has 0 atom stereocenters. The highest BCUT2D eigenvalue weighted by atomic mass is 19.4. The van der Waals surface area contributed by atoms with Gasteiger partial charge in [0.1, 0.15) is 0 Å². The predicted molar refractivity (Wildman–Crippen MR) is 64.7 cm³/mol. The maximum atomic E-state index is 12.3. The molecule has 5 nitrogen and oxygen atoms in total. The van der Waals surface area contributed by atoms with Gasteiger partial charge in [-0.15, -0.1) is 0 Å². The monoisotopic (exact) mass is 279 g/mol. The molecule has 0 bridgehead atoms. The molecule has 8 heteroatoms. The van der Waals surface area contributed by atoms with Crippen LogP contribution in [0.25, 0.3) is 0 Å². The third-order valence-electron chi connectivity index (χ3n) is 2.48. The summed E-state index contributed by atoms with van der Waals surface area (Å²) in [5, 5.41) is 8.73. The maximum absolute atomic E-state index is 12.3. The van der Waals surface area contributed by atoms with Gasteiger partial charge in [0, 0.05) is 37.6 Å².